The number of rotatable bonds is 4. The van der Waals surface area contributed by atoms with Crippen molar-refractivity contribution in [2.45, 2.75) is 13.0 Å². The van der Waals surface area contributed by atoms with E-state index in [1.165, 1.54) is 14.0 Å². The zero-order valence-corrected chi connectivity index (χ0v) is 7.68. The predicted molar refractivity (Wildman–Crippen MR) is 44.7 cm³/mol. The lowest BCUT2D eigenvalue weighted by Gasteiger charge is -2.12. The number of carbonyl (C=O) groups is 2. The van der Waals surface area contributed by atoms with Crippen molar-refractivity contribution in [3.05, 3.63) is 0 Å². The number of nitrogens with one attached hydrogen (secondary N) is 1. The Morgan fingerprint density at radius 3 is 2.58 bits per heavy atom. The van der Waals surface area contributed by atoms with E-state index in [-0.39, 0.29) is 11.7 Å². The molecule has 0 bridgehead atoms. The van der Waals surface area contributed by atoms with Gasteiger partial charge in [-0.2, -0.15) is 0 Å². The highest BCUT2D eigenvalue weighted by atomic mass is 32.2. The average Bonchev–Trinajstić information content (AvgIpc) is 2.01. The van der Waals surface area contributed by atoms with E-state index in [2.05, 4.69) is 10.1 Å². The molecule has 0 aromatic rings. The minimum atomic E-state index is -0.775. The van der Waals surface area contributed by atoms with Gasteiger partial charge in [-0.3, -0.25) is 4.79 Å². The van der Waals surface area contributed by atoms with Gasteiger partial charge in [-0.1, -0.05) is 0 Å². The molecule has 0 aliphatic rings. The number of carbonyl (C=O) groups excluding carboxylic acids is 2. The second-order valence-electron chi connectivity index (χ2n) is 2.07. The first-order valence-electron chi connectivity index (χ1n) is 3.23. The molecule has 0 heterocycles. The molecule has 0 saturated carbocycles. The number of hydrogen-bond acceptors (Lipinski definition) is 5. The van der Waals surface area contributed by atoms with E-state index < -0.39 is 12.0 Å². The molecule has 0 aliphatic carbocycles. The van der Waals surface area contributed by atoms with Gasteiger partial charge in [-0.25, -0.2) is 4.79 Å². The highest BCUT2D eigenvalue weighted by molar-refractivity contribution is 7.93. The largest absolute Gasteiger partial charge is 0.467 e. The van der Waals surface area contributed by atoms with Crippen molar-refractivity contribution in [2.75, 3.05) is 12.9 Å². The van der Waals surface area contributed by atoms with Crippen LogP contribution in [-0.2, 0) is 14.3 Å². The van der Waals surface area contributed by atoms with Crippen molar-refractivity contribution in [2.24, 2.45) is 0 Å². The molecule has 0 saturated heterocycles. The van der Waals surface area contributed by atoms with E-state index in [1.807, 2.05) is 0 Å². The van der Waals surface area contributed by atoms with E-state index in [1.54, 1.807) is 0 Å². The molecule has 0 fully saturated rings. The van der Waals surface area contributed by atoms with Gasteiger partial charge in [-0.05, 0) is 12.0 Å². The molecule has 1 unspecified atom stereocenters. The highest BCUT2D eigenvalue weighted by Gasteiger charge is 2.19. The summed E-state index contributed by atoms with van der Waals surface area (Å²) in [6.07, 6.45) is 0. The summed E-state index contributed by atoms with van der Waals surface area (Å²) in [6.45, 7) is 1.29. The SMILES string of the molecule is COC(=O)C(CSO)NC(C)=O. The van der Waals surface area contributed by atoms with Gasteiger partial charge in [0.1, 0.15) is 6.04 Å². The Bertz CT molecular complexity index is 173. The normalized spacial score (nSPS) is 11.9. The number of amides is 1. The molecule has 0 aromatic carbocycles. The Morgan fingerprint density at radius 2 is 2.25 bits per heavy atom. The van der Waals surface area contributed by atoms with Crippen molar-refractivity contribution in [3.8, 4) is 0 Å². The fourth-order valence-electron chi connectivity index (χ4n) is 0.631. The minimum absolute atomic E-state index is 0.0895. The number of esters is 1. The summed E-state index contributed by atoms with van der Waals surface area (Å²) in [5.41, 5.74) is 0. The van der Waals surface area contributed by atoms with Crippen LogP contribution in [0.4, 0.5) is 0 Å². The topological polar surface area (TPSA) is 75.6 Å². The van der Waals surface area contributed by atoms with Crippen LogP contribution >= 0.6 is 12.0 Å². The van der Waals surface area contributed by atoms with E-state index in [0.717, 1.165) is 0 Å². The quantitative estimate of drug-likeness (QED) is 0.480. The van der Waals surface area contributed by atoms with E-state index >= 15 is 0 Å². The summed E-state index contributed by atoms with van der Waals surface area (Å²) in [5.74, 6) is -0.807. The van der Waals surface area contributed by atoms with Gasteiger partial charge < -0.3 is 14.6 Å². The van der Waals surface area contributed by atoms with Crippen LogP contribution in [0.15, 0.2) is 0 Å². The van der Waals surface area contributed by atoms with Crippen LogP contribution in [0.5, 0.6) is 0 Å². The van der Waals surface area contributed by atoms with Crippen LogP contribution in [0.25, 0.3) is 0 Å². The Balaban J connectivity index is 4.02. The van der Waals surface area contributed by atoms with Gasteiger partial charge in [0, 0.05) is 6.92 Å². The fourth-order valence-corrected chi connectivity index (χ4v) is 0.999. The van der Waals surface area contributed by atoms with Crippen LogP contribution in [0, 0.1) is 0 Å². The number of methoxy groups -OCH3 is 1. The maximum atomic E-state index is 10.9. The van der Waals surface area contributed by atoms with Crippen molar-refractivity contribution in [3.63, 3.8) is 0 Å². The second kappa shape index (κ2) is 5.84. The van der Waals surface area contributed by atoms with E-state index in [9.17, 15) is 9.59 Å². The molecule has 12 heavy (non-hydrogen) atoms. The van der Waals surface area contributed by atoms with Crippen molar-refractivity contribution >= 4 is 23.9 Å². The van der Waals surface area contributed by atoms with Crippen LogP contribution in [0.1, 0.15) is 6.92 Å². The van der Waals surface area contributed by atoms with Gasteiger partial charge in [0.05, 0.1) is 12.9 Å². The molecule has 0 aromatic heterocycles. The molecule has 2 N–H and O–H groups in total. The Labute approximate surface area is 74.7 Å². The van der Waals surface area contributed by atoms with Crippen molar-refractivity contribution in [1.82, 2.24) is 5.32 Å². The summed E-state index contributed by atoms with van der Waals surface area (Å²) in [5, 5.41) is 2.34. The lowest BCUT2D eigenvalue weighted by atomic mass is 10.3. The van der Waals surface area contributed by atoms with Crippen LogP contribution in [0.2, 0.25) is 0 Å². The maximum absolute atomic E-state index is 10.9. The number of ether oxygens (including phenoxy) is 1. The van der Waals surface area contributed by atoms with Crippen LogP contribution in [-0.4, -0.2) is 35.3 Å². The summed E-state index contributed by atoms with van der Waals surface area (Å²) in [7, 11) is 1.22. The first kappa shape index (κ1) is 11.2. The zero-order chi connectivity index (χ0) is 9.56. The third-order valence-electron chi connectivity index (χ3n) is 1.10. The van der Waals surface area contributed by atoms with Crippen molar-refractivity contribution < 1.29 is 18.9 Å². The average molecular weight is 193 g/mol. The lowest BCUT2D eigenvalue weighted by molar-refractivity contribution is -0.144. The third-order valence-corrected chi connectivity index (χ3v) is 1.59. The van der Waals surface area contributed by atoms with Crippen molar-refractivity contribution in [1.29, 1.82) is 0 Å². The maximum Gasteiger partial charge on any atom is 0.329 e. The van der Waals surface area contributed by atoms with E-state index in [0.29, 0.717) is 12.0 Å². The van der Waals surface area contributed by atoms with Gasteiger partial charge in [-0.15, -0.1) is 0 Å². The van der Waals surface area contributed by atoms with Gasteiger partial charge in [0.2, 0.25) is 5.91 Å². The molecule has 1 amide bonds. The monoisotopic (exact) mass is 193 g/mol. The second-order valence-corrected chi connectivity index (χ2v) is 2.66. The molecular weight excluding hydrogens is 182 g/mol. The molecule has 5 nitrogen and oxygen atoms in total. The summed E-state index contributed by atoms with van der Waals surface area (Å²) in [6, 6.07) is -0.775. The fraction of sp³-hybridized carbons (Fsp3) is 0.667. The van der Waals surface area contributed by atoms with Crippen LogP contribution in [0.3, 0.4) is 0 Å². The van der Waals surface area contributed by atoms with E-state index in [4.69, 9.17) is 4.55 Å². The van der Waals surface area contributed by atoms with Crippen LogP contribution < -0.4 is 5.32 Å². The Hall–Kier alpha value is -0.750. The van der Waals surface area contributed by atoms with Gasteiger partial charge >= 0.3 is 5.97 Å². The molecule has 0 rings (SSSR count). The molecule has 1 atom stereocenters. The zero-order valence-electron chi connectivity index (χ0n) is 6.86. The predicted octanol–water partition coefficient (Wildman–Crippen LogP) is -0.130. The molecular formula is C6H11NO4S. The highest BCUT2D eigenvalue weighted by Crippen LogP contribution is 1.98. The molecule has 0 spiro atoms. The molecule has 0 radical (unpaired) electrons. The molecule has 0 aliphatic heterocycles. The van der Waals surface area contributed by atoms with Gasteiger partial charge in [0.25, 0.3) is 0 Å². The smallest absolute Gasteiger partial charge is 0.329 e. The summed E-state index contributed by atoms with van der Waals surface area (Å²) in [4.78, 5) is 21.4. The minimum Gasteiger partial charge on any atom is -0.467 e. The first-order chi connectivity index (χ1) is 5.61. The number of hydrogen-bond donors (Lipinski definition) is 2. The van der Waals surface area contributed by atoms with Gasteiger partial charge in [0.15, 0.2) is 0 Å². The Kier molecular flexibility index (Phi) is 5.48. The standard InChI is InChI=1S/C6H11NO4S/c1-4(8)7-5(3-12-10)6(9)11-2/h5,10H,3H2,1-2H3,(H,7,8). The lowest BCUT2D eigenvalue weighted by Crippen LogP contribution is -2.42. The molecule has 6 heteroatoms. The summed E-state index contributed by atoms with van der Waals surface area (Å²) >= 11 is 0.480. The Morgan fingerprint density at radius 1 is 1.67 bits per heavy atom. The summed E-state index contributed by atoms with van der Waals surface area (Å²) < 4.78 is 12.8. The first-order valence-corrected chi connectivity index (χ1v) is 4.17. The molecule has 70 valence electrons. The third kappa shape index (κ3) is 4.20.